The van der Waals surface area contributed by atoms with Crippen molar-refractivity contribution < 1.29 is 18.0 Å². The summed E-state index contributed by atoms with van der Waals surface area (Å²) in [6.45, 7) is 0.286. The summed E-state index contributed by atoms with van der Waals surface area (Å²) in [7, 11) is -3.41. The smallest absolute Gasteiger partial charge is 0.229 e. The van der Waals surface area contributed by atoms with E-state index in [2.05, 4.69) is 26.0 Å². The molecule has 2 aromatic carbocycles. The van der Waals surface area contributed by atoms with Gasteiger partial charge in [0.05, 0.1) is 23.5 Å². The molecule has 0 spiro atoms. The second-order valence-corrected chi connectivity index (χ2v) is 8.90. The van der Waals surface area contributed by atoms with Crippen LogP contribution >= 0.6 is 15.9 Å². The molecule has 0 radical (unpaired) electrons. The maximum atomic E-state index is 12.6. The number of hydrogen-bond acceptors (Lipinski definition) is 4. The highest BCUT2D eigenvalue weighted by Crippen LogP contribution is 2.31. The number of carbonyl (C=O) groups excluding carboxylic acids is 2. The molecule has 0 saturated carbocycles. The van der Waals surface area contributed by atoms with Crippen molar-refractivity contribution in [1.29, 1.82) is 0 Å². The van der Waals surface area contributed by atoms with Gasteiger partial charge in [-0.2, -0.15) is 0 Å². The van der Waals surface area contributed by atoms with Gasteiger partial charge in [0.1, 0.15) is 0 Å². The third-order valence-corrected chi connectivity index (χ3v) is 5.35. The number of nitrogens with one attached hydrogen (secondary N) is 2. The average Bonchev–Trinajstić information content (AvgIpc) is 2.96. The Labute approximate surface area is 165 Å². The largest absolute Gasteiger partial charge is 0.326 e. The van der Waals surface area contributed by atoms with E-state index in [9.17, 15) is 18.0 Å². The van der Waals surface area contributed by atoms with E-state index < -0.39 is 15.9 Å². The second-order valence-electron chi connectivity index (χ2n) is 6.30. The number of sulfonamides is 1. The van der Waals surface area contributed by atoms with Gasteiger partial charge >= 0.3 is 0 Å². The molecule has 7 nitrogen and oxygen atoms in total. The van der Waals surface area contributed by atoms with Crippen LogP contribution in [0.15, 0.2) is 53.0 Å². The summed E-state index contributed by atoms with van der Waals surface area (Å²) in [5.74, 6) is -0.889. The Morgan fingerprint density at radius 2 is 1.85 bits per heavy atom. The van der Waals surface area contributed by atoms with Gasteiger partial charge < -0.3 is 10.2 Å². The minimum atomic E-state index is -3.41. The molecule has 9 heteroatoms. The predicted octanol–water partition coefficient (Wildman–Crippen LogP) is 2.81. The molecule has 27 heavy (non-hydrogen) atoms. The fourth-order valence-electron chi connectivity index (χ4n) is 2.91. The number of carbonyl (C=O) groups is 2. The van der Waals surface area contributed by atoms with Crippen molar-refractivity contribution >= 4 is 54.8 Å². The summed E-state index contributed by atoms with van der Waals surface area (Å²) in [5.41, 5.74) is 1.55. The Bertz CT molecular complexity index is 994. The maximum absolute atomic E-state index is 12.6. The van der Waals surface area contributed by atoms with Crippen molar-refractivity contribution in [2.45, 2.75) is 6.42 Å². The van der Waals surface area contributed by atoms with E-state index in [0.29, 0.717) is 11.4 Å². The Kier molecular flexibility index (Phi) is 5.52. The van der Waals surface area contributed by atoms with Crippen LogP contribution in [-0.2, 0) is 19.6 Å². The predicted molar refractivity (Wildman–Crippen MR) is 108 cm³/mol. The molecule has 2 N–H and O–H groups in total. The minimum Gasteiger partial charge on any atom is -0.326 e. The summed E-state index contributed by atoms with van der Waals surface area (Å²) >= 11 is 3.43. The molecule has 0 aromatic heterocycles. The van der Waals surface area contributed by atoms with E-state index in [-0.39, 0.29) is 24.8 Å². The lowest BCUT2D eigenvalue weighted by Gasteiger charge is -2.18. The number of halogens is 1. The van der Waals surface area contributed by atoms with Gasteiger partial charge in [-0.3, -0.25) is 14.3 Å². The highest BCUT2D eigenvalue weighted by atomic mass is 79.9. The Morgan fingerprint density at radius 3 is 2.56 bits per heavy atom. The van der Waals surface area contributed by atoms with Crippen LogP contribution in [-0.4, -0.2) is 33.0 Å². The summed E-state index contributed by atoms with van der Waals surface area (Å²) < 4.78 is 25.8. The van der Waals surface area contributed by atoms with Gasteiger partial charge in [-0.25, -0.2) is 8.42 Å². The van der Waals surface area contributed by atoms with E-state index >= 15 is 0 Å². The van der Waals surface area contributed by atoms with Gasteiger partial charge in [0.2, 0.25) is 21.8 Å². The third kappa shape index (κ3) is 4.86. The summed E-state index contributed by atoms with van der Waals surface area (Å²) in [6.07, 6.45) is 1.17. The van der Waals surface area contributed by atoms with Crippen molar-refractivity contribution in [3.63, 3.8) is 0 Å². The Balaban J connectivity index is 1.70. The van der Waals surface area contributed by atoms with E-state index in [0.717, 1.165) is 16.4 Å². The molecule has 1 atom stereocenters. The Hall–Kier alpha value is -2.39. The van der Waals surface area contributed by atoms with Crippen LogP contribution in [0.2, 0.25) is 0 Å². The number of amides is 2. The molecule has 2 aromatic rings. The first-order valence-corrected chi connectivity index (χ1v) is 10.8. The summed E-state index contributed by atoms with van der Waals surface area (Å²) in [4.78, 5) is 26.5. The molecule has 0 aliphatic carbocycles. The normalized spacial score (nSPS) is 17.0. The fraction of sp³-hybridized carbons (Fsp3) is 0.222. The van der Waals surface area contributed by atoms with E-state index in [1.807, 2.05) is 24.3 Å². The van der Waals surface area contributed by atoms with Crippen molar-refractivity contribution in [3.05, 3.63) is 53.0 Å². The number of hydrogen-bond donors (Lipinski definition) is 2. The van der Waals surface area contributed by atoms with Crippen molar-refractivity contribution in [2.24, 2.45) is 5.92 Å². The number of para-hydroxylation sites is 1. The maximum Gasteiger partial charge on any atom is 0.229 e. The number of benzene rings is 2. The van der Waals surface area contributed by atoms with Gasteiger partial charge in [0.15, 0.2) is 0 Å². The van der Waals surface area contributed by atoms with E-state index in [4.69, 9.17) is 0 Å². The molecule has 1 aliphatic heterocycles. The topological polar surface area (TPSA) is 95.6 Å². The lowest BCUT2D eigenvalue weighted by molar-refractivity contribution is -0.122. The van der Waals surface area contributed by atoms with Crippen LogP contribution in [0.3, 0.4) is 0 Å². The average molecular weight is 452 g/mol. The molecule has 1 aliphatic rings. The number of rotatable bonds is 5. The van der Waals surface area contributed by atoms with E-state index in [1.165, 1.54) is 6.07 Å². The SMILES string of the molecule is CS(=O)(=O)Nc1cccc(NC(=O)C2CC(=O)N(c3ccccc3Br)C2)c1. The zero-order valence-corrected chi connectivity index (χ0v) is 16.9. The molecular formula is C18H18BrN3O4S. The first kappa shape index (κ1) is 19.4. The van der Waals surface area contributed by atoms with Crippen LogP contribution in [0, 0.1) is 5.92 Å². The second kappa shape index (κ2) is 7.69. The van der Waals surface area contributed by atoms with Gasteiger partial charge in [-0.15, -0.1) is 0 Å². The number of nitrogens with zero attached hydrogens (tertiary/aromatic N) is 1. The van der Waals surface area contributed by atoms with E-state index in [1.54, 1.807) is 23.1 Å². The van der Waals surface area contributed by atoms with Crippen LogP contribution in [0.4, 0.5) is 17.1 Å². The molecule has 1 saturated heterocycles. The monoisotopic (exact) mass is 451 g/mol. The molecule has 1 unspecified atom stereocenters. The first-order valence-electron chi connectivity index (χ1n) is 8.16. The lowest BCUT2D eigenvalue weighted by Crippen LogP contribution is -2.28. The molecule has 2 amide bonds. The standard InChI is InChI=1S/C18H18BrN3O4S/c1-27(25,26)21-14-6-4-5-13(10-14)20-18(24)12-9-17(23)22(11-12)16-8-3-2-7-15(16)19/h2-8,10,12,21H,9,11H2,1H3,(H,20,24). The number of anilines is 3. The zero-order chi connectivity index (χ0) is 19.6. The molecule has 1 heterocycles. The van der Waals surface area contributed by atoms with Gasteiger partial charge in [0.25, 0.3) is 0 Å². The van der Waals surface area contributed by atoms with Crippen LogP contribution < -0.4 is 14.9 Å². The molecule has 0 bridgehead atoms. The molecule has 3 rings (SSSR count). The fourth-order valence-corrected chi connectivity index (χ4v) is 3.96. The van der Waals surface area contributed by atoms with Gasteiger partial charge in [0, 0.05) is 23.1 Å². The molecule has 1 fully saturated rings. The minimum absolute atomic E-state index is 0.116. The zero-order valence-electron chi connectivity index (χ0n) is 14.5. The lowest BCUT2D eigenvalue weighted by atomic mass is 10.1. The highest BCUT2D eigenvalue weighted by molar-refractivity contribution is 9.10. The molecule has 142 valence electrons. The summed E-state index contributed by atoms with van der Waals surface area (Å²) in [6, 6.07) is 13.8. The highest BCUT2D eigenvalue weighted by Gasteiger charge is 2.35. The van der Waals surface area contributed by atoms with Crippen molar-refractivity contribution in [1.82, 2.24) is 0 Å². The molecular weight excluding hydrogens is 434 g/mol. The Morgan fingerprint density at radius 1 is 1.15 bits per heavy atom. The van der Waals surface area contributed by atoms with Gasteiger partial charge in [-0.1, -0.05) is 18.2 Å². The first-order chi connectivity index (χ1) is 12.7. The summed E-state index contributed by atoms with van der Waals surface area (Å²) in [5, 5.41) is 2.75. The van der Waals surface area contributed by atoms with Crippen molar-refractivity contribution in [3.8, 4) is 0 Å². The van der Waals surface area contributed by atoms with Crippen molar-refractivity contribution in [2.75, 3.05) is 27.7 Å². The van der Waals surface area contributed by atoms with Crippen LogP contribution in [0.1, 0.15) is 6.42 Å². The third-order valence-electron chi connectivity index (χ3n) is 4.07. The van der Waals surface area contributed by atoms with Crippen LogP contribution in [0.25, 0.3) is 0 Å². The van der Waals surface area contributed by atoms with Crippen LogP contribution in [0.5, 0.6) is 0 Å². The quantitative estimate of drug-likeness (QED) is 0.730. The van der Waals surface area contributed by atoms with Gasteiger partial charge in [-0.05, 0) is 46.3 Å².